The van der Waals surface area contributed by atoms with E-state index in [1.807, 2.05) is 0 Å². The molecular weight excluding hydrogens is 238 g/mol. The van der Waals surface area contributed by atoms with E-state index in [2.05, 4.69) is 0 Å². The van der Waals surface area contributed by atoms with Crippen LogP contribution in [0, 0.1) is 10.1 Å². The molecule has 1 unspecified atom stereocenters. The van der Waals surface area contributed by atoms with Crippen LogP contribution in [0.2, 0.25) is 0 Å². The van der Waals surface area contributed by atoms with E-state index >= 15 is 0 Å². The Labute approximate surface area is 105 Å². The summed E-state index contributed by atoms with van der Waals surface area (Å²) in [5.74, 6) is 0. The fraction of sp³-hybridized carbons (Fsp3) is 0.500. The highest BCUT2D eigenvalue weighted by molar-refractivity contribution is 5.41. The van der Waals surface area contributed by atoms with Gasteiger partial charge in [0.15, 0.2) is 0 Å². The standard InChI is InChI=1S/C12H17NO5/c14-7-3-4-8-18-12(9-15)10-5-1-2-6-11(10)13(16)17/h1-2,5-6,12,14-15H,3-4,7-9H2. The van der Waals surface area contributed by atoms with Gasteiger partial charge in [-0.05, 0) is 18.9 Å². The van der Waals surface area contributed by atoms with Crippen molar-refractivity contribution in [2.75, 3.05) is 19.8 Å². The minimum atomic E-state index is -0.703. The number of para-hydroxylation sites is 1. The summed E-state index contributed by atoms with van der Waals surface area (Å²) < 4.78 is 5.40. The van der Waals surface area contributed by atoms with E-state index in [-0.39, 0.29) is 18.9 Å². The maximum Gasteiger partial charge on any atom is 0.275 e. The second-order valence-electron chi connectivity index (χ2n) is 3.79. The number of benzene rings is 1. The summed E-state index contributed by atoms with van der Waals surface area (Å²) >= 11 is 0. The number of nitrogens with zero attached hydrogens (tertiary/aromatic N) is 1. The van der Waals surface area contributed by atoms with Gasteiger partial charge in [0.1, 0.15) is 6.10 Å². The van der Waals surface area contributed by atoms with Crippen molar-refractivity contribution in [2.45, 2.75) is 18.9 Å². The second kappa shape index (κ2) is 7.75. The topological polar surface area (TPSA) is 92.8 Å². The number of aliphatic hydroxyl groups is 2. The minimum absolute atomic E-state index is 0.0568. The van der Waals surface area contributed by atoms with Gasteiger partial charge in [-0.25, -0.2) is 0 Å². The van der Waals surface area contributed by atoms with Gasteiger partial charge in [0.2, 0.25) is 0 Å². The van der Waals surface area contributed by atoms with Crippen LogP contribution in [0.15, 0.2) is 24.3 Å². The normalized spacial score (nSPS) is 12.3. The van der Waals surface area contributed by atoms with Crippen LogP contribution in [0.4, 0.5) is 5.69 Å². The van der Waals surface area contributed by atoms with E-state index in [0.29, 0.717) is 25.0 Å². The largest absolute Gasteiger partial charge is 0.396 e. The third-order valence-electron chi connectivity index (χ3n) is 2.52. The van der Waals surface area contributed by atoms with Crippen molar-refractivity contribution >= 4 is 5.69 Å². The third kappa shape index (κ3) is 4.06. The van der Waals surface area contributed by atoms with Gasteiger partial charge in [-0.3, -0.25) is 10.1 Å². The molecule has 2 N–H and O–H groups in total. The van der Waals surface area contributed by atoms with Crippen LogP contribution in [0.25, 0.3) is 0 Å². The van der Waals surface area contributed by atoms with Gasteiger partial charge in [0, 0.05) is 19.3 Å². The molecule has 100 valence electrons. The van der Waals surface area contributed by atoms with Gasteiger partial charge in [-0.15, -0.1) is 0 Å². The number of hydrogen-bond donors (Lipinski definition) is 2. The number of rotatable bonds is 8. The number of hydrogen-bond acceptors (Lipinski definition) is 5. The molecule has 0 saturated heterocycles. The summed E-state index contributed by atoms with van der Waals surface area (Å²) in [7, 11) is 0. The SMILES string of the molecule is O=[N+]([O-])c1ccccc1C(CO)OCCCCO. The number of aliphatic hydroxyl groups excluding tert-OH is 2. The maximum atomic E-state index is 10.9. The molecule has 1 aromatic carbocycles. The van der Waals surface area contributed by atoms with Crippen LogP contribution in [-0.4, -0.2) is 35.0 Å². The van der Waals surface area contributed by atoms with Crippen molar-refractivity contribution in [1.29, 1.82) is 0 Å². The Balaban J connectivity index is 2.72. The molecule has 1 aromatic rings. The monoisotopic (exact) mass is 255 g/mol. The molecule has 0 spiro atoms. The Morgan fingerprint density at radius 2 is 2.00 bits per heavy atom. The van der Waals surface area contributed by atoms with Crippen LogP contribution >= 0.6 is 0 Å². The van der Waals surface area contributed by atoms with Gasteiger partial charge in [0.05, 0.1) is 17.1 Å². The predicted octanol–water partition coefficient (Wildman–Crippen LogP) is 1.42. The van der Waals surface area contributed by atoms with Crippen LogP contribution in [0.1, 0.15) is 24.5 Å². The van der Waals surface area contributed by atoms with Gasteiger partial charge in [0.25, 0.3) is 5.69 Å². The summed E-state index contributed by atoms with van der Waals surface area (Å²) in [6.45, 7) is 0.112. The molecule has 0 saturated carbocycles. The average molecular weight is 255 g/mol. The Morgan fingerprint density at radius 3 is 2.61 bits per heavy atom. The smallest absolute Gasteiger partial charge is 0.275 e. The lowest BCUT2D eigenvalue weighted by atomic mass is 10.1. The summed E-state index contributed by atoms with van der Waals surface area (Å²) in [5.41, 5.74) is 0.313. The first-order chi connectivity index (χ1) is 8.70. The molecule has 1 rings (SSSR count). The zero-order chi connectivity index (χ0) is 13.4. The maximum absolute atomic E-state index is 10.9. The van der Waals surface area contributed by atoms with Crippen LogP contribution in [-0.2, 0) is 4.74 Å². The first-order valence-electron chi connectivity index (χ1n) is 5.77. The van der Waals surface area contributed by atoms with E-state index in [0.717, 1.165) is 0 Å². The average Bonchev–Trinajstić information content (AvgIpc) is 2.39. The molecule has 0 aromatic heterocycles. The van der Waals surface area contributed by atoms with E-state index in [9.17, 15) is 15.2 Å². The van der Waals surface area contributed by atoms with Gasteiger partial charge >= 0.3 is 0 Å². The number of nitro groups is 1. The quantitative estimate of drug-likeness (QED) is 0.416. The van der Waals surface area contributed by atoms with Gasteiger partial charge in [-0.2, -0.15) is 0 Å². The highest BCUT2D eigenvalue weighted by Crippen LogP contribution is 2.27. The highest BCUT2D eigenvalue weighted by atomic mass is 16.6. The van der Waals surface area contributed by atoms with Crippen LogP contribution < -0.4 is 0 Å². The highest BCUT2D eigenvalue weighted by Gasteiger charge is 2.21. The molecule has 18 heavy (non-hydrogen) atoms. The van der Waals surface area contributed by atoms with Crippen molar-refractivity contribution in [3.8, 4) is 0 Å². The van der Waals surface area contributed by atoms with Crippen molar-refractivity contribution in [1.82, 2.24) is 0 Å². The fourth-order valence-corrected chi connectivity index (χ4v) is 1.61. The molecule has 0 aliphatic carbocycles. The number of unbranched alkanes of at least 4 members (excludes halogenated alkanes) is 1. The Kier molecular flexibility index (Phi) is 6.27. The number of nitro benzene ring substituents is 1. The van der Waals surface area contributed by atoms with Crippen molar-refractivity contribution < 1.29 is 19.9 Å². The molecular formula is C12H17NO5. The van der Waals surface area contributed by atoms with Crippen LogP contribution in [0.5, 0.6) is 0 Å². The molecule has 0 fully saturated rings. The molecule has 0 amide bonds. The third-order valence-corrected chi connectivity index (χ3v) is 2.52. The Morgan fingerprint density at radius 1 is 1.28 bits per heavy atom. The molecule has 6 nitrogen and oxygen atoms in total. The molecule has 0 bridgehead atoms. The van der Waals surface area contributed by atoms with Crippen molar-refractivity contribution in [3.05, 3.63) is 39.9 Å². The molecule has 0 aliphatic rings. The lowest BCUT2D eigenvalue weighted by molar-refractivity contribution is -0.386. The summed E-state index contributed by atoms with van der Waals surface area (Å²) in [4.78, 5) is 10.4. The molecule has 0 radical (unpaired) electrons. The first-order valence-corrected chi connectivity index (χ1v) is 5.77. The fourth-order valence-electron chi connectivity index (χ4n) is 1.61. The molecule has 0 heterocycles. The second-order valence-corrected chi connectivity index (χ2v) is 3.79. The summed E-state index contributed by atoms with van der Waals surface area (Å²) in [6, 6.07) is 6.20. The van der Waals surface area contributed by atoms with E-state index in [1.54, 1.807) is 18.2 Å². The van der Waals surface area contributed by atoms with Crippen molar-refractivity contribution in [2.24, 2.45) is 0 Å². The molecule has 0 aliphatic heterocycles. The lowest BCUT2D eigenvalue weighted by Crippen LogP contribution is -2.12. The van der Waals surface area contributed by atoms with Gasteiger partial charge in [-0.1, -0.05) is 12.1 Å². The van der Waals surface area contributed by atoms with Crippen LogP contribution in [0.3, 0.4) is 0 Å². The summed E-state index contributed by atoms with van der Waals surface area (Å²) in [6.07, 6.45) is 0.549. The minimum Gasteiger partial charge on any atom is -0.396 e. The Bertz CT molecular complexity index is 382. The van der Waals surface area contributed by atoms with Crippen molar-refractivity contribution in [3.63, 3.8) is 0 Å². The summed E-state index contributed by atoms with van der Waals surface area (Å²) in [5, 5.41) is 28.7. The number of ether oxygens (including phenoxy) is 1. The molecule has 6 heteroatoms. The first kappa shape index (κ1) is 14.6. The zero-order valence-corrected chi connectivity index (χ0v) is 9.99. The van der Waals surface area contributed by atoms with Gasteiger partial charge < -0.3 is 14.9 Å². The molecule has 1 atom stereocenters. The van der Waals surface area contributed by atoms with E-state index in [1.165, 1.54) is 6.07 Å². The Hall–Kier alpha value is -1.50. The van der Waals surface area contributed by atoms with E-state index < -0.39 is 11.0 Å². The lowest BCUT2D eigenvalue weighted by Gasteiger charge is -2.15. The predicted molar refractivity (Wildman–Crippen MR) is 65.2 cm³/mol. The zero-order valence-electron chi connectivity index (χ0n) is 9.99. The van der Waals surface area contributed by atoms with E-state index in [4.69, 9.17) is 9.84 Å².